The molecule has 0 bridgehead atoms. The average Bonchev–Trinajstić information content (AvgIpc) is 2.57. The van der Waals surface area contributed by atoms with Crippen LogP contribution in [0.15, 0.2) is 0 Å². The highest BCUT2D eigenvalue weighted by Gasteiger charge is 2.30. The molecule has 0 aliphatic carbocycles. The highest BCUT2D eigenvalue weighted by molar-refractivity contribution is 7.11. The third kappa shape index (κ3) is 3.75. The second kappa shape index (κ2) is 5.66. The summed E-state index contributed by atoms with van der Waals surface area (Å²) < 4.78 is 14.6. The Hall–Kier alpha value is -0.480. The third-order valence-electron chi connectivity index (χ3n) is 3.68. The van der Waals surface area contributed by atoms with Gasteiger partial charge in [0.1, 0.15) is 5.67 Å². The zero-order valence-corrected chi connectivity index (χ0v) is 12.4. The number of nitrogens with one attached hydrogen (secondary N) is 1. The van der Waals surface area contributed by atoms with Gasteiger partial charge in [-0.3, -0.25) is 0 Å². The smallest absolute Gasteiger partial charge is 0.116 e. The van der Waals surface area contributed by atoms with E-state index in [1.54, 1.807) is 18.3 Å². The molecule has 0 amide bonds. The lowest BCUT2D eigenvalue weighted by Crippen LogP contribution is -2.40. The second-order valence-corrected chi connectivity index (χ2v) is 6.98. The van der Waals surface area contributed by atoms with Crippen molar-refractivity contribution in [2.45, 2.75) is 64.6 Å². The van der Waals surface area contributed by atoms with Crippen LogP contribution in [0.5, 0.6) is 0 Å². The summed E-state index contributed by atoms with van der Waals surface area (Å²) >= 11 is 1.63. The molecule has 1 saturated heterocycles. The van der Waals surface area contributed by atoms with E-state index < -0.39 is 5.67 Å². The molecule has 1 aliphatic heterocycles. The molecule has 4 heteroatoms. The molecule has 2 atom stereocenters. The van der Waals surface area contributed by atoms with Gasteiger partial charge in [-0.05, 0) is 46.6 Å². The lowest BCUT2D eigenvalue weighted by molar-refractivity contribution is 0.145. The molecule has 1 N–H and O–H groups in total. The lowest BCUT2D eigenvalue weighted by Gasteiger charge is -2.29. The van der Waals surface area contributed by atoms with Crippen LogP contribution >= 0.6 is 11.3 Å². The van der Waals surface area contributed by atoms with Gasteiger partial charge in [0.2, 0.25) is 0 Å². The van der Waals surface area contributed by atoms with E-state index in [9.17, 15) is 4.39 Å². The van der Waals surface area contributed by atoms with Crippen molar-refractivity contribution in [3.8, 4) is 0 Å². The number of hydrogen-bond acceptors (Lipinski definition) is 3. The monoisotopic (exact) mass is 270 g/mol. The normalized spacial score (nSPS) is 23.9. The topological polar surface area (TPSA) is 24.9 Å². The maximum Gasteiger partial charge on any atom is 0.116 e. The SMILES string of the molecule is Cc1nc(CC(C)(F)CC2CCCCN2)sc1C. The molecule has 18 heavy (non-hydrogen) atoms. The van der Waals surface area contributed by atoms with Gasteiger partial charge >= 0.3 is 0 Å². The number of piperidine rings is 1. The van der Waals surface area contributed by atoms with Gasteiger partial charge in [0.25, 0.3) is 0 Å². The van der Waals surface area contributed by atoms with Crippen molar-refractivity contribution in [1.82, 2.24) is 10.3 Å². The molecule has 2 rings (SSSR count). The molecule has 1 aromatic rings. The standard InChI is InChI=1S/C14H23FN2S/c1-10-11(2)18-13(17-10)9-14(3,15)8-12-6-4-5-7-16-12/h12,16H,4-9H2,1-3H3. The first kappa shape index (κ1) is 13.9. The van der Waals surface area contributed by atoms with Crippen molar-refractivity contribution < 1.29 is 4.39 Å². The van der Waals surface area contributed by atoms with Gasteiger partial charge in [-0.15, -0.1) is 11.3 Å². The van der Waals surface area contributed by atoms with Crippen molar-refractivity contribution in [1.29, 1.82) is 0 Å². The molecule has 102 valence electrons. The summed E-state index contributed by atoms with van der Waals surface area (Å²) in [6.45, 7) is 6.80. The Morgan fingerprint density at radius 3 is 2.78 bits per heavy atom. The molecular weight excluding hydrogens is 247 g/mol. The van der Waals surface area contributed by atoms with Gasteiger partial charge in [-0.1, -0.05) is 6.42 Å². The number of hydrogen-bond donors (Lipinski definition) is 1. The van der Waals surface area contributed by atoms with Gasteiger partial charge in [0, 0.05) is 17.3 Å². The van der Waals surface area contributed by atoms with Crippen molar-refractivity contribution in [2.24, 2.45) is 0 Å². The highest BCUT2D eigenvalue weighted by Crippen LogP contribution is 2.28. The van der Waals surface area contributed by atoms with Gasteiger partial charge < -0.3 is 5.32 Å². The fraction of sp³-hybridized carbons (Fsp3) is 0.786. The number of halogens is 1. The highest BCUT2D eigenvalue weighted by atomic mass is 32.1. The summed E-state index contributed by atoms with van der Waals surface area (Å²) in [5.74, 6) is 0. The molecule has 0 radical (unpaired) electrons. The molecule has 2 unspecified atom stereocenters. The van der Waals surface area contributed by atoms with Crippen molar-refractivity contribution in [3.63, 3.8) is 0 Å². The van der Waals surface area contributed by atoms with Crippen molar-refractivity contribution >= 4 is 11.3 Å². The van der Waals surface area contributed by atoms with E-state index in [0.717, 1.165) is 23.7 Å². The Labute approximate surface area is 113 Å². The van der Waals surface area contributed by atoms with Gasteiger partial charge in [-0.2, -0.15) is 0 Å². The van der Waals surface area contributed by atoms with Gasteiger partial charge in [0.15, 0.2) is 0 Å². The number of aromatic nitrogens is 1. The molecule has 1 fully saturated rings. The van der Waals surface area contributed by atoms with Gasteiger partial charge in [0.05, 0.1) is 10.7 Å². The maximum atomic E-state index is 14.6. The Balaban J connectivity index is 1.93. The van der Waals surface area contributed by atoms with Crippen molar-refractivity contribution in [3.05, 3.63) is 15.6 Å². The summed E-state index contributed by atoms with van der Waals surface area (Å²) in [5.41, 5.74) is -0.104. The number of rotatable bonds is 4. The summed E-state index contributed by atoms with van der Waals surface area (Å²) in [4.78, 5) is 5.65. The number of thiazole rings is 1. The Kier molecular flexibility index (Phi) is 4.38. The van der Waals surface area contributed by atoms with Crippen LogP contribution in [-0.2, 0) is 6.42 Å². The Morgan fingerprint density at radius 2 is 2.22 bits per heavy atom. The fourth-order valence-corrected chi connectivity index (χ4v) is 3.72. The molecular formula is C14H23FN2S. The van der Waals surface area contributed by atoms with Crippen LogP contribution < -0.4 is 5.32 Å². The van der Waals surface area contributed by atoms with Crippen LogP contribution in [0.2, 0.25) is 0 Å². The second-order valence-electron chi connectivity index (χ2n) is 5.69. The zero-order chi connectivity index (χ0) is 13.2. The number of alkyl halides is 1. The minimum absolute atomic E-state index is 0.343. The minimum atomic E-state index is -1.15. The molecule has 2 heterocycles. The first-order valence-corrected chi connectivity index (χ1v) is 7.63. The van der Waals surface area contributed by atoms with E-state index in [0.29, 0.717) is 18.9 Å². The molecule has 0 spiro atoms. The summed E-state index contributed by atoms with van der Waals surface area (Å²) in [6, 6.07) is 0.343. The van der Waals surface area contributed by atoms with Crippen LogP contribution in [0.3, 0.4) is 0 Å². The van der Waals surface area contributed by atoms with Crippen LogP contribution in [-0.4, -0.2) is 23.2 Å². The van der Waals surface area contributed by atoms with E-state index in [-0.39, 0.29) is 0 Å². The summed E-state index contributed by atoms with van der Waals surface area (Å²) in [5, 5.41) is 4.36. The first-order chi connectivity index (χ1) is 8.46. The lowest BCUT2D eigenvalue weighted by atomic mass is 9.91. The van der Waals surface area contributed by atoms with Crippen molar-refractivity contribution in [2.75, 3.05) is 6.54 Å². The number of nitrogens with zero attached hydrogens (tertiary/aromatic N) is 1. The zero-order valence-electron chi connectivity index (χ0n) is 11.6. The first-order valence-electron chi connectivity index (χ1n) is 6.81. The predicted molar refractivity (Wildman–Crippen MR) is 75.1 cm³/mol. The molecule has 1 aromatic heterocycles. The fourth-order valence-electron chi connectivity index (χ4n) is 2.61. The molecule has 1 aliphatic rings. The predicted octanol–water partition coefficient (Wildman–Crippen LogP) is 3.56. The van der Waals surface area contributed by atoms with Gasteiger partial charge in [-0.25, -0.2) is 9.37 Å². The van der Waals surface area contributed by atoms with Crippen LogP contribution in [0.1, 0.15) is 48.2 Å². The summed E-state index contributed by atoms with van der Waals surface area (Å²) in [7, 11) is 0. The van der Waals surface area contributed by atoms with E-state index >= 15 is 0 Å². The largest absolute Gasteiger partial charge is 0.314 e. The molecule has 2 nitrogen and oxygen atoms in total. The van der Waals surface area contributed by atoms with Crippen LogP contribution in [0.4, 0.5) is 4.39 Å². The Morgan fingerprint density at radius 1 is 1.44 bits per heavy atom. The van der Waals surface area contributed by atoms with E-state index in [4.69, 9.17) is 0 Å². The van der Waals surface area contributed by atoms with Crippen LogP contribution in [0, 0.1) is 13.8 Å². The minimum Gasteiger partial charge on any atom is -0.314 e. The molecule has 0 saturated carbocycles. The number of aryl methyl sites for hydroxylation is 2. The van der Waals surface area contributed by atoms with E-state index in [2.05, 4.69) is 17.2 Å². The average molecular weight is 270 g/mol. The van der Waals surface area contributed by atoms with Crippen LogP contribution in [0.25, 0.3) is 0 Å². The third-order valence-corrected chi connectivity index (χ3v) is 4.75. The quantitative estimate of drug-likeness (QED) is 0.905. The van der Waals surface area contributed by atoms with E-state index in [1.807, 2.05) is 6.92 Å². The van der Waals surface area contributed by atoms with E-state index in [1.165, 1.54) is 17.7 Å². The molecule has 0 aromatic carbocycles. The Bertz CT molecular complexity index is 375. The maximum absolute atomic E-state index is 14.6. The summed E-state index contributed by atoms with van der Waals surface area (Å²) in [6.07, 6.45) is 4.61.